The van der Waals surface area contributed by atoms with E-state index in [9.17, 15) is 9.59 Å². The number of halogens is 1. The Hall–Kier alpha value is -0.710. The van der Waals surface area contributed by atoms with Crippen LogP contribution in [0.3, 0.4) is 0 Å². The molecule has 0 fully saturated rings. The lowest BCUT2D eigenvalue weighted by atomic mass is 10.1. The topological polar surface area (TPSA) is 34.1 Å². The van der Waals surface area contributed by atoms with Gasteiger partial charge < -0.3 is 0 Å². The van der Waals surface area contributed by atoms with Gasteiger partial charge in [-0.2, -0.15) is 0 Å². The minimum atomic E-state index is -0.887. The molecule has 2 rings (SSSR count). The van der Waals surface area contributed by atoms with Gasteiger partial charge in [0.2, 0.25) is 0 Å². The van der Waals surface area contributed by atoms with Crippen LogP contribution in [-0.2, 0) is 0 Å². The van der Waals surface area contributed by atoms with E-state index in [1.165, 1.54) is 0 Å². The molecule has 1 aromatic rings. The minimum absolute atomic E-state index is 0.0753. The average Bonchev–Trinajstić information content (AvgIpc) is 2.30. The van der Waals surface area contributed by atoms with Crippen LogP contribution in [0.15, 0.2) is 24.3 Å². The molecular weight excluding hydrogens is 279 g/mol. The third-order valence-corrected chi connectivity index (χ3v) is 3.25. The van der Waals surface area contributed by atoms with E-state index in [1.54, 1.807) is 31.2 Å². The van der Waals surface area contributed by atoms with Crippen molar-refractivity contribution in [2.75, 3.05) is 0 Å². The molecule has 0 amide bonds. The van der Waals surface area contributed by atoms with Crippen molar-refractivity contribution in [1.29, 1.82) is 0 Å². The van der Waals surface area contributed by atoms with E-state index in [2.05, 4.69) is 0 Å². The van der Waals surface area contributed by atoms with Crippen molar-refractivity contribution >= 4 is 34.2 Å². The molecule has 1 aromatic carbocycles. The maximum atomic E-state index is 11.7. The first-order valence-corrected chi connectivity index (χ1v) is 5.00. The third-order valence-electron chi connectivity index (χ3n) is 2.27. The number of rotatable bonds is 0. The summed E-state index contributed by atoms with van der Waals surface area (Å²) in [4.78, 5) is 23.4. The number of benzene rings is 1. The Morgan fingerprint density at radius 2 is 1.46 bits per heavy atom. The van der Waals surface area contributed by atoms with Crippen LogP contribution in [0.2, 0.25) is 0 Å². The molecule has 0 atom stereocenters. The third kappa shape index (κ3) is 1.06. The van der Waals surface area contributed by atoms with Crippen molar-refractivity contribution in [3.05, 3.63) is 35.4 Å². The first kappa shape index (κ1) is 8.87. The van der Waals surface area contributed by atoms with Crippen LogP contribution in [0, 0.1) is 0 Å². The van der Waals surface area contributed by atoms with Crippen molar-refractivity contribution < 1.29 is 9.59 Å². The van der Waals surface area contributed by atoms with Crippen LogP contribution in [0.5, 0.6) is 0 Å². The number of hydrogen-bond donors (Lipinski definition) is 0. The first-order valence-electron chi connectivity index (χ1n) is 3.92. The van der Waals surface area contributed by atoms with Crippen LogP contribution >= 0.6 is 22.6 Å². The molecule has 66 valence electrons. The van der Waals surface area contributed by atoms with Gasteiger partial charge in [0.15, 0.2) is 11.6 Å². The summed E-state index contributed by atoms with van der Waals surface area (Å²) in [6, 6.07) is 6.98. The van der Waals surface area contributed by atoms with E-state index in [0.29, 0.717) is 11.1 Å². The van der Waals surface area contributed by atoms with E-state index in [4.69, 9.17) is 0 Å². The molecule has 0 aromatic heterocycles. The Balaban J connectivity index is 2.71. The summed E-state index contributed by atoms with van der Waals surface area (Å²) in [6.07, 6.45) is 0. The summed E-state index contributed by atoms with van der Waals surface area (Å²) in [5, 5.41) is 0. The Bertz CT molecular complexity index is 370. The van der Waals surface area contributed by atoms with Gasteiger partial charge in [0, 0.05) is 11.1 Å². The van der Waals surface area contributed by atoms with Gasteiger partial charge in [-0.1, -0.05) is 46.9 Å². The van der Waals surface area contributed by atoms with Gasteiger partial charge in [0.1, 0.15) is 3.42 Å². The maximum absolute atomic E-state index is 11.7. The fraction of sp³-hybridized carbons (Fsp3) is 0.200. The highest BCUT2D eigenvalue weighted by Crippen LogP contribution is 2.36. The van der Waals surface area contributed by atoms with Crippen LogP contribution in [-0.4, -0.2) is 15.0 Å². The van der Waals surface area contributed by atoms with Gasteiger partial charge in [-0.25, -0.2) is 0 Å². The first-order chi connectivity index (χ1) is 6.05. The number of hydrogen-bond acceptors (Lipinski definition) is 2. The highest BCUT2D eigenvalue weighted by molar-refractivity contribution is 14.1. The summed E-state index contributed by atoms with van der Waals surface area (Å²) >= 11 is 1.91. The standard InChI is InChI=1S/C10H7IO2/c1-10(11)8(12)6-4-2-3-5-7(6)9(10)13/h2-5H,1H3. The average molecular weight is 286 g/mol. The predicted molar refractivity (Wildman–Crippen MR) is 57.5 cm³/mol. The number of ketones is 2. The van der Waals surface area contributed by atoms with E-state index < -0.39 is 3.42 Å². The van der Waals surface area contributed by atoms with Crippen molar-refractivity contribution in [3.8, 4) is 0 Å². The summed E-state index contributed by atoms with van der Waals surface area (Å²) in [7, 11) is 0. The number of Topliss-reactive ketones (excluding diaryl/α,β-unsaturated/α-hetero) is 2. The zero-order valence-corrected chi connectivity index (χ0v) is 9.16. The molecule has 0 saturated carbocycles. The number of carbonyl (C=O) groups excluding carboxylic acids is 2. The smallest absolute Gasteiger partial charge is 0.187 e. The molecule has 2 nitrogen and oxygen atoms in total. The molecule has 3 heteroatoms. The minimum Gasteiger partial charge on any atom is -0.292 e. The molecule has 1 aliphatic rings. The lowest BCUT2D eigenvalue weighted by molar-refractivity contribution is 0.0889. The Morgan fingerprint density at radius 3 is 1.85 bits per heavy atom. The summed E-state index contributed by atoms with van der Waals surface area (Å²) in [5.41, 5.74) is 1.12. The quantitative estimate of drug-likeness (QED) is 0.416. The van der Waals surface area contributed by atoms with Gasteiger partial charge in [0.05, 0.1) is 0 Å². The van der Waals surface area contributed by atoms with Crippen LogP contribution in [0.4, 0.5) is 0 Å². The second-order valence-electron chi connectivity index (χ2n) is 3.21. The fourth-order valence-corrected chi connectivity index (χ4v) is 2.07. The summed E-state index contributed by atoms with van der Waals surface area (Å²) < 4.78 is -0.887. The number of alkyl halides is 1. The SMILES string of the molecule is CC1(I)C(=O)c2ccccc2C1=O. The predicted octanol–water partition coefficient (Wildman–Crippen LogP) is 2.26. The summed E-state index contributed by atoms with van der Waals surface area (Å²) in [6.45, 7) is 1.66. The van der Waals surface area contributed by atoms with Gasteiger partial charge in [0.25, 0.3) is 0 Å². The highest BCUT2D eigenvalue weighted by atomic mass is 127. The fourth-order valence-electron chi connectivity index (χ4n) is 1.49. The van der Waals surface area contributed by atoms with Crippen LogP contribution < -0.4 is 0 Å². The van der Waals surface area contributed by atoms with Crippen molar-refractivity contribution in [2.24, 2.45) is 0 Å². The molecule has 0 aliphatic heterocycles. The Kier molecular flexibility index (Phi) is 1.80. The van der Waals surface area contributed by atoms with Gasteiger partial charge >= 0.3 is 0 Å². The van der Waals surface area contributed by atoms with Crippen molar-refractivity contribution in [2.45, 2.75) is 10.3 Å². The monoisotopic (exact) mass is 286 g/mol. The van der Waals surface area contributed by atoms with E-state index in [-0.39, 0.29) is 11.6 Å². The molecular formula is C10H7IO2. The second kappa shape index (κ2) is 2.64. The zero-order valence-electron chi connectivity index (χ0n) is 7.00. The van der Waals surface area contributed by atoms with Crippen molar-refractivity contribution in [1.82, 2.24) is 0 Å². The van der Waals surface area contributed by atoms with E-state index >= 15 is 0 Å². The zero-order chi connectivity index (χ0) is 9.64. The van der Waals surface area contributed by atoms with E-state index in [1.807, 2.05) is 22.6 Å². The highest BCUT2D eigenvalue weighted by Gasteiger charge is 2.46. The number of carbonyl (C=O) groups is 2. The van der Waals surface area contributed by atoms with Crippen molar-refractivity contribution in [3.63, 3.8) is 0 Å². The molecule has 0 bridgehead atoms. The van der Waals surface area contributed by atoms with Gasteiger partial charge in [-0.3, -0.25) is 9.59 Å². The molecule has 0 radical (unpaired) electrons. The summed E-state index contributed by atoms with van der Waals surface area (Å²) in [5.74, 6) is -0.151. The van der Waals surface area contributed by atoms with Crippen LogP contribution in [0.25, 0.3) is 0 Å². The van der Waals surface area contributed by atoms with E-state index in [0.717, 1.165) is 0 Å². The largest absolute Gasteiger partial charge is 0.292 e. The molecule has 13 heavy (non-hydrogen) atoms. The maximum Gasteiger partial charge on any atom is 0.187 e. The molecule has 0 saturated heterocycles. The molecule has 0 unspecified atom stereocenters. The normalized spacial score (nSPS) is 18.9. The Labute approximate surface area is 89.5 Å². The molecule has 0 N–H and O–H groups in total. The second-order valence-corrected chi connectivity index (χ2v) is 5.36. The lowest BCUT2D eigenvalue weighted by Gasteiger charge is -2.08. The van der Waals surface area contributed by atoms with Gasteiger partial charge in [-0.15, -0.1) is 0 Å². The Morgan fingerprint density at radius 1 is 1.08 bits per heavy atom. The molecule has 0 heterocycles. The lowest BCUT2D eigenvalue weighted by Crippen LogP contribution is -2.29. The van der Waals surface area contributed by atoms with Gasteiger partial charge in [-0.05, 0) is 6.92 Å². The molecule has 0 spiro atoms. The number of fused-ring (bicyclic) bond motifs is 1. The molecule has 1 aliphatic carbocycles. The van der Waals surface area contributed by atoms with Crippen LogP contribution in [0.1, 0.15) is 27.6 Å².